The van der Waals surface area contributed by atoms with Crippen molar-refractivity contribution in [3.05, 3.63) is 36.9 Å². The minimum Gasteiger partial charge on any atom is -0.392 e. The molecule has 2 atom stereocenters. The molecule has 0 amide bonds. The highest BCUT2D eigenvalue weighted by Crippen LogP contribution is 2.27. The number of aliphatic hydroxyl groups is 1. The van der Waals surface area contributed by atoms with Crippen molar-refractivity contribution < 1.29 is 5.11 Å². The number of para-hydroxylation sites is 1. The summed E-state index contributed by atoms with van der Waals surface area (Å²) < 4.78 is 2.22. The van der Waals surface area contributed by atoms with E-state index in [-0.39, 0.29) is 12.1 Å². The third-order valence-electron chi connectivity index (χ3n) is 4.91. The highest BCUT2D eigenvalue weighted by molar-refractivity contribution is 5.91. The molecule has 1 saturated heterocycles. The number of aromatic nitrogens is 4. The van der Waals surface area contributed by atoms with Crippen LogP contribution in [0.1, 0.15) is 25.7 Å². The maximum absolute atomic E-state index is 10.1. The Morgan fingerprint density at radius 2 is 2.29 bits per heavy atom. The number of aromatic amines is 1. The van der Waals surface area contributed by atoms with E-state index in [1.807, 2.05) is 30.9 Å². The van der Waals surface area contributed by atoms with Gasteiger partial charge >= 0.3 is 0 Å². The monoisotopic (exact) mass is 325 g/mol. The highest BCUT2D eigenvalue weighted by atomic mass is 16.3. The molecule has 1 aromatic carbocycles. The Labute approximate surface area is 140 Å². The van der Waals surface area contributed by atoms with Gasteiger partial charge in [-0.3, -0.25) is 5.10 Å². The molecule has 3 aromatic rings. The molecule has 4 rings (SSSR count). The normalized spacial score (nSPS) is 21.4. The molecule has 0 aliphatic carbocycles. The molecule has 1 fully saturated rings. The summed E-state index contributed by atoms with van der Waals surface area (Å²) in [6.07, 6.45) is 9.43. The lowest BCUT2D eigenvalue weighted by atomic mass is 9.97. The summed E-state index contributed by atoms with van der Waals surface area (Å²) in [5, 5.41) is 20.4. The lowest BCUT2D eigenvalue weighted by Gasteiger charge is -2.29. The van der Waals surface area contributed by atoms with Gasteiger partial charge in [-0.25, -0.2) is 4.98 Å². The molecule has 0 bridgehead atoms. The summed E-state index contributed by atoms with van der Waals surface area (Å²) in [6.45, 7) is 1.91. The SMILES string of the molecule is O[C@H]1CCCNC1CCCn1cnc2cccc(-c3cn[nH]c3)c21. The Balaban J connectivity index is 1.52. The summed E-state index contributed by atoms with van der Waals surface area (Å²) >= 11 is 0. The molecule has 1 aliphatic heterocycles. The summed E-state index contributed by atoms with van der Waals surface area (Å²) in [7, 11) is 0. The standard InChI is InChI=1S/C18H23N5O/c24-17-7-2-8-19-15(17)6-3-9-23-12-20-16-5-1-4-14(18(16)23)13-10-21-22-11-13/h1,4-5,10-12,15,17,19,24H,2-3,6-9H2,(H,21,22)/t15?,17-/m0/s1. The average molecular weight is 325 g/mol. The molecule has 1 aliphatic rings. The number of nitrogens with zero attached hydrogens (tertiary/aromatic N) is 3. The van der Waals surface area contributed by atoms with E-state index in [2.05, 4.69) is 31.1 Å². The van der Waals surface area contributed by atoms with E-state index in [1.54, 1.807) is 0 Å². The second kappa shape index (κ2) is 6.75. The van der Waals surface area contributed by atoms with Crippen molar-refractivity contribution in [3.63, 3.8) is 0 Å². The Bertz CT molecular complexity index is 795. The number of aryl methyl sites for hydroxylation is 1. The van der Waals surface area contributed by atoms with E-state index >= 15 is 0 Å². The Morgan fingerprint density at radius 3 is 3.12 bits per heavy atom. The fourth-order valence-corrected chi connectivity index (χ4v) is 3.64. The number of rotatable bonds is 5. The average Bonchev–Trinajstić information content (AvgIpc) is 3.26. The van der Waals surface area contributed by atoms with Crippen LogP contribution in [-0.2, 0) is 6.54 Å². The van der Waals surface area contributed by atoms with E-state index < -0.39 is 0 Å². The first kappa shape index (κ1) is 15.4. The lowest BCUT2D eigenvalue weighted by molar-refractivity contribution is 0.0909. The minimum atomic E-state index is -0.209. The maximum atomic E-state index is 10.1. The number of aliphatic hydroxyl groups excluding tert-OH is 1. The van der Waals surface area contributed by atoms with Gasteiger partial charge in [-0.15, -0.1) is 0 Å². The highest BCUT2D eigenvalue weighted by Gasteiger charge is 2.21. The molecule has 3 N–H and O–H groups in total. The zero-order chi connectivity index (χ0) is 16.4. The van der Waals surface area contributed by atoms with Crippen LogP contribution in [0.2, 0.25) is 0 Å². The van der Waals surface area contributed by atoms with E-state index in [0.29, 0.717) is 0 Å². The van der Waals surface area contributed by atoms with Crippen LogP contribution in [0.3, 0.4) is 0 Å². The molecule has 0 saturated carbocycles. The van der Waals surface area contributed by atoms with Crippen LogP contribution < -0.4 is 5.32 Å². The van der Waals surface area contributed by atoms with Gasteiger partial charge in [0.25, 0.3) is 0 Å². The Morgan fingerprint density at radius 1 is 1.33 bits per heavy atom. The van der Waals surface area contributed by atoms with Gasteiger partial charge in [0.05, 0.1) is 29.7 Å². The summed E-state index contributed by atoms with van der Waals surface area (Å²) in [5.41, 5.74) is 4.38. The van der Waals surface area contributed by atoms with Crippen LogP contribution in [-0.4, -0.2) is 43.5 Å². The first-order valence-electron chi connectivity index (χ1n) is 8.67. The van der Waals surface area contributed by atoms with Gasteiger partial charge in [0, 0.05) is 29.9 Å². The molecule has 0 radical (unpaired) electrons. The first-order chi connectivity index (χ1) is 11.8. The quantitative estimate of drug-likeness (QED) is 0.673. The number of hydrogen-bond donors (Lipinski definition) is 3. The number of benzene rings is 1. The third kappa shape index (κ3) is 2.95. The second-order valence-corrected chi connectivity index (χ2v) is 6.51. The van der Waals surface area contributed by atoms with Gasteiger partial charge in [-0.1, -0.05) is 12.1 Å². The maximum Gasteiger partial charge on any atom is 0.0958 e. The molecule has 6 nitrogen and oxygen atoms in total. The Kier molecular flexibility index (Phi) is 4.32. The third-order valence-corrected chi connectivity index (χ3v) is 4.91. The van der Waals surface area contributed by atoms with Crippen molar-refractivity contribution in [2.75, 3.05) is 6.54 Å². The van der Waals surface area contributed by atoms with Gasteiger partial charge in [-0.2, -0.15) is 5.10 Å². The molecule has 2 aromatic heterocycles. The molecule has 1 unspecified atom stereocenters. The molecule has 6 heteroatoms. The van der Waals surface area contributed by atoms with Crippen LogP contribution in [0.25, 0.3) is 22.2 Å². The fraction of sp³-hybridized carbons (Fsp3) is 0.444. The lowest BCUT2D eigenvalue weighted by Crippen LogP contribution is -2.44. The van der Waals surface area contributed by atoms with Crippen molar-refractivity contribution in [3.8, 4) is 11.1 Å². The zero-order valence-corrected chi connectivity index (χ0v) is 13.7. The summed E-state index contributed by atoms with van der Waals surface area (Å²) in [4.78, 5) is 4.54. The van der Waals surface area contributed by atoms with Crippen molar-refractivity contribution in [1.29, 1.82) is 0 Å². The number of hydrogen-bond acceptors (Lipinski definition) is 4. The van der Waals surface area contributed by atoms with Crippen molar-refractivity contribution >= 4 is 11.0 Å². The molecule has 126 valence electrons. The van der Waals surface area contributed by atoms with Crippen LogP contribution in [0, 0.1) is 0 Å². The smallest absolute Gasteiger partial charge is 0.0958 e. The number of imidazole rings is 1. The predicted molar refractivity (Wildman–Crippen MR) is 93.6 cm³/mol. The number of nitrogens with one attached hydrogen (secondary N) is 2. The van der Waals surface area contributed by atoms with E-state index in [9.17, 15) is 5.11 Å². The van der Waals surface area contributed by atoms with Gasteiger partial charge in [-0.05, 0) is 38.3 Å². The topological polar surface area (TPSA) is 78.8 Å². The van der Waals surface area contributed by atoms with E-state index in [0.717, 1.165) is 60.9 Å². The van der Waals surface area contributed by atoms with Crippen LogP contribution in [0.15, 0.2) is 36.9 Å². The predicted octanol–water partition coefficient (Wildman–Crippen LogP) is 2.32. The molecule has 24 heavy (non-hydrogen) atoms. The van der Waals surface area contributed by atoms with Crippen LogP contribution in [0.5, 0.6) is 0 Å². The van der Waals surface area contributed by atoms with Crippen molar-refractivity contribution in [2.24, 2.45) is 0 Å². The van der Waals surface area contributed by atoms with Crippen LogP contribution in [0.4, 0.5) is 0 Å². The van der Waals surface area contributed by atoms with Crippen LogP contribution >= 0.6 is 0 Å². The molecular formula is C18H23N5O. The first-order valence-corrected chi connectivity index (χ1v) is 8.67. The number of piperidine rings is 1. The van der Waals surface area contributed by atoms with Gasteiger partial charge in [0.1, 0.15) is 0 Å². The van der Waals surface area contributed by atoms with E-state index in [4.69, 9.17) is 0 Å². The molecule has 3 heterocycles. The largest absolute Gasteiger partial charge is 0.392 e. The number of H-pyrrole nitrogens is 1. The van der Waals surface area contributed by atoms with Gasteiger partial charge in [0.2, 0.25) is 0 Å². The van der Waals surface area contributed by atoms with Gasteiger partial charge < -0.3 is 15.0 Å². The summed E-state index contributed by atoms with van der Waals surface area (Å²) in [5.74, 6) is 0. The molecule has 0 spiro atoms. The Hall–Kier alpha value is -2.18. The van der Waals surface area contributed by atoms with Crippen molar-refractivity contribution in [1.82, 2.24) is 25.1 Å². The number of fused-ring (bicyclic) bond motifs is 1. The minimum absolute atomic E-state index is 0.209. The van der Waals surface area contributed by atoms with Crippen molar-refractivity contribution in [2.45, 2.75) is 44.4 Å². The zero-order valence-electron chi connectivity index (χ0n) is 13.7. The van der Waals surface area contributed by atoms with E-state index in [1.165, 1.54) is 0 Å². The summed E-state index contributed by atoms with van der Waals surface area (Å²) in [6, 6.07) is 6.41. The molecular weight excluding hydrogens is 302 g/mol. The second-order valence-electron chi connectivity index (χ2n) is 6.51. The fourth-order valence-electron chi connectivity index (χ4n) is 3.64. The van der Waals surface area contributed by atoms with Gasteiger partial charge in [0.15, 0.2) is 0 Å².